The van der Waals surface area contributed by atoms with Crippen molar-refractivity contribution in [3.63, 3.8) is 0 Å². The molecule has 7 aromatic rings. The van der Waals surface area contributed by atoms with E-state index in [-0.39, 0.29) is 27.2 Å². The molecule has 4 aromatic heterocycles. The number of sulfonamides is 2. The van der Waals surface area contributed by atoms with Gasteiger partial charge in [-0.15, -0.1) is 14.9 Å². The number of fused-ring (bicyclic) bond motifs is 3. The van der Waals surface area contributed by atoms with E-state index in [0.29, 0.717) is 0 Å². The summed E-state index contributed by atoms with van der Waals surface area (Å²) < 4.78 is 60.6. The monoisotopic (exact) mass is 662 g/mol. The lowest BCUT2D eigenvalue weighted by Crippen LogP contribution is -2.36. The molecule has 0 radical (unpaired) electrons. The highest BCUT2D eigenvalue weighted by Gasteiger charge is 2.23. The number of nitrogens with zero attached hydrogens (tertiary/aromatic N) is 4. The van der Waals surface area contributed by atoms with Crippen LogP contribution in [0.4, 0.5) is 11.6 Å². The van der Waals surface area contributed by atoms with Gasteiger partial charge in [0.25, 0.3) is 20.0 Å². The van der Waals surface area contributed by atoms with Gasteiger partial charge in [0.1, 0.15) is 22.7 Å². The predicted octanol–water partition coefficient (Wildman–Crippen LogP) is 3.60. The first kappa shape index (κ1) is 29.9. The van der Waals surface area contributed by atoms with Crippen molar-refractivity contribution in [2.24, 2.45) is 7.05 Å². The molecule has 4 heterocycles. The summed E-state index contributed by atoms with van der Waals surface area (Å²) in [5, 5.41) is 13.9. The molecule has 7 rings (SSSR count). The Morgan fingerprint density at radius 2 is 1.28 bits per heavy atom. The lowest BCUT2D eigenvalue weighted by molar-refractivity contribution is -0.725. The smallest absolute Gasteiger partial charge is 0.263 e. The fourth-order valence-corrected chi connectivity index (χ4v) is 7.48. The van der Waals surface area contributed by atoms with Crippen molar-refractivity contribution in [2.75, 3.05) is 9.44 Å². The fraction of sp³-hybridized carbons (Fsp3) is 0.0294. The number of hydrogen-bond donors (Lipinski definition) is 2. The average molecular weight is 663 g/mol. The molecular weight excluding hydrogens is 637 g/mol. The van der Waals surface area contributed by atoms with Crippen molar-refractivity contribution in [1.82, 2.24) is 14.5 Å². The summed E-state index contributed by atoms with van der Waals surface area (Å²) in [6, 6.07) is 29.7. The van der Waals surface area contributed by atoms with Crippen LogP contribution in [-0.2, 0) is 27.1 Å². The molecule has 0 aliphatic rings. The van der Waals surface area contributed by atoms with E-state index in [1.165, 1.54) is 42.7 Å². The first-order valence-corrected chi connectivity index (χ1v) is 17.3. The number of nitrogens with one attached hydrogen (secondary N) is 2. The average Bonchev–Trinajstić information content (AvgIpc) is 3.55. The molecule has 47 heavy (non-hydrogen) atoms. The normalized spacial score (nSPS) is 12.5. The van der Waals surface area contributed by atoms with Crippen molar-refractivity contribution in [3.8, 4) is 17.0 Å². The van der Waals surface area contributed by atoms with Crippen LogP contribution < -0.4 is 24.5 Å². The molecule has 0 saturated carbocycles. The van der Waals surface area contributed by atoms with Gasteiger partial charge in [-0.3, -0.25) is 9.44 Å². The number of hydrogen-bond acceptors (Lipinski definition) is 7. The number of aromatic nitrogens is 4. The van der Waals surface area contributed by atoms with Crippen LogP contribution in [0.5, 0.6) is 5.75 Å². The molecular formula is C34H26N6O5S2. The highest BCUT2D eigenvalue weighted by molar-refractivity contribution is 7.93. The Balaban J connectivity index is 1.27. The SMILES string of the molecule is C[n+]1c(-c2ccc(S(=O)(=O)Nc3ccccn3)cc2)cc2/c(=C\c3ccc(S(=O)(=O)Nc4ccccn4)cc3)c3cc([O-])ccc3n21. The molecule has 13 heteroatoms. The fourth-order valence-electron chi connectivity index (χ4n) is 5.47. The van der Waals surface area contributed by atoms with Gasteiger partial charge in [-0.05, 0) is 78.4 Å². The number of benzene rings is 3. The Morgan fingerprint density at radius 1 is 0.702 bits per heavy atom. The van der Waals surface area contributed by atoms with Crippen molar-refractivity contribution < 1.29 is 26.6 Å². The predicted molar refractivity (Wildman–Crippen MR) is 176 cm³/mol. The highest BCUT2D eigenvalue weighted by Crippen LogP contribution is 2.25. The summed E-state index contributed by atoms with van der Waals surface area (Å²) in [4.78, 5) is 8.23. The maximum atomic E-state index is 12.9. The van der Waals surface area contributed by atoms with E-state index in [4.69, 9.17) is 0 Å². The van der Waals surface area contributed by atoms with Crippen LogP contribution in [-0.4, -0.2) is 31.3 Å². The topological polar surface area (TPSA) is 149 Å². The maximum absolute atomic E-state index is 12.9. The van der Waals surface area contributed by atoms with Gasteiger partial charge < -0.3 is 5.11 Å². The molecule has 3 aromatic carbocycles. The van der Waals surface area contributed by atoms with Gasteiger partial charge in [-0.25, -0.2) is 26.8 Å². The van der Waals surface area contributed by atoms with E-state index in [9.17, 15) is 21.9 Å². The zero-order valence-corrected chi connectivity index (χ0v) is 26.4. The third-order valence-corrected chi connectivity index (χ3v) is 10.4. The summed E-state index contributed by atoms with van der Waals surface area (Å²) in [6.45, 7) is 0. The van der Waals surface area contributed by atoms with E-state index in [2.05, 4.69) is 19.4 Å². The lowest BCUT2D eigenvalue weighted by Gasteiger charge is -2.07. The van der Waals surface area contributed by atoms with Crippen molar-refractivity contribution in [3.05, 3.63) is 132 Å². The molecule has 0 bridgehead atoms. The minimum atomic E-state index is -3.85. The second-order valence-electron chi connectivity index (χ2n) is 10.7. The largest absolute Gasteiger partial charge is 0.872 e. The van der Waals surface area contributed by atoms with Crippen LogP contribution in [0.3, 0.4) is 0 Å². The van der Waals surface area contributed by atoms with Gasteiger partial charge in [0.2, 0.25) is 5.69 Å². The molecule has 234 valence electrons. The van der Waals surface area contributed by atoms with Gasteiger partial charge in [0.15, 0.2) is 7.05 Å². The van der Waals surface area contributed by atoms with Crippen LogP contribution in [0.25, 0.3) is 33.8 Å². The maximum Gasteiger partial charge on any atom is 0.263 e. The van der Waals surface area contributed by atoms with Crippen LogP contribution in [0, 0.1) is 0 Å². The quantitative estimate of drug-likeness (QED) is 0.236. The van der Waals surface area contributed by atoms with Crippen molar-refractivity contribution in [2.45, 2.75) is 9.79 Å². The summed E-state index contributed by atoms with van der Waals surface area (Å²) in [5.74, 6) is 0.307. The van der Waals surface area contributed by atoms with Gasteiger partial charge in [-0.2, -0.15) is 0 Å². The van der Waals surface area contributed by atoms with Gasteiger partial charge in [0.05, 0.1) is 9.79 Å². The Kier molecular flexibility index (Phi) is 7.34. The molecule has 0 atom stereocenters. The molecule has 11 nitrogen and oxygen atoms in total. The Labute approximate surface area is 270 Å². The molecule has 0 aliphatic carbocycles. The molecule has 0 unspecified atom stereocenters. The number of pyridine rings is 2. The van der Waals surface area contributed by atoms with Gasteiger partial charge in [-0.1, -0.05) is 36.4 Å². The third-order valence-electron chi connectivity index (χ3n) is 7.68. The number of anilines is 2. The van der Waals surface area contributed by atoms with Crippen molar-refractivity contribution >= 4 is 54.2 Å². The summed E-state index contributed by atoms with van der Waals surface area (Å²) in [6.07, 6.45) is 4.92. The Bertz CT molecular complexity index is 2540. The first-order valence-electron chi connectivity index (χ1n) is 14.3. The molecule has 0 spiro atoms. The Hall–Kier alpha value is -5.79. The van der Waals surface area contributed by atoms with E-state index < -0.39 is 20.0 Å². The zero-order chi connectivity index (χ0) is 32.8. The molecule has 0 amide bonds. The summed E-state index contributed by atoms with van der Waals surface area (Å²) in [5.41, 5.74) is 3.93. The number of aryl methyl sites for hydroxylation is 1. The Morgan fingerprint density at radius 3 is 1.83 bits per heavy atom. The minimum absolute atomic E-state index is 0.0803. The second kappa shape index (κ2) is 11.5. The minimum Gasteiger partial charge on any atom is -0.872 e. The third kappa shape index (κ3) is 5.73. The van der Waals surface area contributed by atoms with Gasteiger partial charge >= 0.3 is 0 Å². The molecule has 0 fully saturated rings. The van der Waals surface area contributed by atoms with Gasteiger partial charge in [0, 0.05) is 34.6 Å². The van der Waals surface area contributed by atoms with Crippen LogP contribution in [0.15, 0.2) is 131 Å². The highest BCUT2D eigenvalue weighted by atomic mass is 32.2. The molecule has 2 N–H and O–H groups in total. The number of rotatable bonds is 8. The van der Waals surface area contributed by atoms with Crippen LogP contribution in [0.2, 0.25) is 0 Å². The summed E-state index contributed by atoms with van der Waals surface area (Å²) >= 11 is 0. The van der Waals surface area contributed by atoms with E-state index in [1.807, 2.05) is 28.4 Å². The molecule has 0 saturated heterocycles. The molecule has 0 aliphatic heterocycles. The van der Waals surface area contributed by atoms with E-state index in [1.54, 1.807) is 72.8 Å². The van der Waals surface area contributed by atoms with E-state index >= 15 is 0 Å². The van der Waals surface area contributed by atoms with Crippen molar-refractivity contribution in [1.29, 1.82) is 0 Å². The second-order valence-corrected chi connectivity index (χ2v) is 14.1. The first-order chi connectivity index (χ1) is 22.6. The van der Waals surface area contributed by atoms with Crippen LogP contribution in [0.1, 0.15) is 5.56 Å². The summed E-state index contributed by atoms with van der Waals surface area (Å²) in [7, 11) is -5.80. The van der Waals surface area contributed by atoms with Crippen LogP contribution >= 0.6 is 0 Å². The standard InChI is InChI=1S/C34H26N6O5S2/c1-39-31(24-10-15-27(16-11-24)47(44,45)38-34-7-3-5-19-36-34)22-32-28(29-21-25(41)12-17-30(29)40(32)39)20-23-8-13-26(14-9-23)46(42,43)37-33-6-2-4-18-35-33/h2-22H,1H3,(H2-,35,36,37,38,41)/b28-20-. The lowest BCUT2D eigenvalue weighted by atomic mass is 10.1. The zero-order valence-electron chi connectivity index (χ0n) is 24.8. The van der Waals surface area contributed by atoms with E-state index in [0.717, 1.165) is 38.5 Å².